The summed E-state index contributed by atoms with van der Waals surface area (Å²) in [7, 11) is -2.08. The summed E-state index contributed by atoms with van der Waals surface area (Å²) in [6.45, 7) is 2.41. The molecule has 1 unspecified atom stereocenters. The minimum atomic E-state index is -3.58. The van der Waals surface area contributed by atoms with Crippen LogP contribution >= 0.6 is 22.9 Å². The van der Waals surface area contributed by atoms with Gasteiger partial charge in [0.05, 0.1) is 17.0 Å². The number of hydrogen-bond acceptors (Lipinski definition) is 4. The molecule has 0 bridgehead atoms. The van der Waals surface area contributed by atoms with Crippen molar-refractivity contribution in [1.82, 2.24) is 4.31 Å². The van der Waals surface area contributed by atoms with Gasteiger partial charge in [-0.3, -0.25) is 0 Å². The Labute approximate surface area is 139 Å². The third kappa shape index (κ3) is 2.54. The molecule has 2 heterocycles. The maximum absolute atomic E-state index is 12.9. The summed E-state index contributed by atoms with van der Waals surface area (Å²) in [4.78, 5) is 1.47. The number of hydrogen-bond donors (Lipinski definition) is 0. The van der Waals surface area contributed by atoms with Crippen LogP contribution in [0.4, 0.5) is 0 Å². The molecule has 0 spiro atoms. The Morgan fingerprint density at radius 1 is 1.36 bits per heavy atom. The molecular weight excluding hydrogens is 342 g/mol. The normalized spacial score (nSPS) is 19.0. The lowest BCUT2D eigenvalue weighted by molar-refractivity contribution is 0.329. The lowest BCUT2D eigenvalue weighted by Crippen LogP contribution is -2.38. The first-order valence-corrected chi connectivity index (χ1v) is 9.56. The van der Waals surface area contributed by atoms with E-state index in [2.05, 4.69) is 0 Å². The van der Waals surface area contributed by atoms with Crippen LogP contribution in [0.2, 0.25) is 5.02 Å². The zero-order chi connectivity index (χ0) is 15.9. The van der Waals surface area contributed by atoms with Gasteiger partial charge in [0.15, 0.2) is 0 Å². The second-order valence-electron chi connectivity index (χ2n) is 5.14. The van der Waals surface area contributed by atoms with Crippen molar-refractivity contribution in [2.24, 2.45) is 0 Å². The zero-order valence-corrected chi connectivity index (χ0v) is 14.6. The van der Waals surface area contributed by atoms with E-state index >= 15 is 0 Å². The largest absolute Gasteiger partial charge is 0.495 e. The molecule has 0 radical (unpaired) electrons. The van der Waals surface area contributed by atoms with Crippen LogP contribution in [0.15, 0.2) is 34.5 Å². The van der Waals surface area contributed by atoms with E-state index < -0.39 is 10.0 Å². The van der Waals surface area contributed by atoms with Crippen LogP contribution < -0.4 is 4.74 Å². The highest BCUT2D eigenvalue weighted by molar-refractivity contribution is 7.89. The van der Waals surface area contributed by atoms with Gasteiger partial charge in [-0.1, -0.05) is 11.6 Å². The number of fused-ring (bicyclic) bond motifs is 1. The Morgan fingerprint density at radius 3 is 2.82 bits per heavy atom. The minimum Gasteiger partial charge on any atom is -0.495 e. The van der Waals surface area contributed by atoms with Crippen molar-refractivity contribution in [2.75, 3.05) is 13.7 Å². The summed E-state index contributed by atoms with van der Waals surface area (Å²) in [5, 5.41) is 2.31. The number of ether oxygens (including phenoxy) is 1. The first-order valence-electron chi connectivity index (χ1n) is 6.87. The predicted molar refractivity (Wildman–Crippen MR) is 88.3 cm³/mol. The first-order chi connectivity index (χ1) is 10.4. The van der Waals surface area contributed by atoms with E-state index in [1.165, 1.54) is 24.1 Å². The second kappa shape index (κ2) is 5.85. The molecule has 1 aromatic heterocycles. The van der Waals surface area contributed by atoms with Crippen molar-refractivity contribution >= 4 is 33.0 Å². The number of methoxy groups -OCH3 is 1. The van der Waals surface area contributed by atoms with Crippen molar-refractivity contribution in [3.8, 4) is 5.75 Å². The monoisotopic (exact) mass is 357 g/mol. The van der Waals surface area contributed by atoms with Gasteiger partial charge in [-0.25, -0.2) is 8.42 Å². The van der Waals surface area contributed by atoms with E-state index in [0.717, 1.165) is 12.0 Å². The fraction of sp³-hybridized carbons (Fsp3) is 0.333. The lowest BCUT2D eigenvalue weighted by atomic mass is 10.0. The second-order valence-corrected chi connectivity index (χ2v) is 8.44. The number of rotatable bonds is 3. The Hall–Kier alpha value is -1.08. The van der Waals surface area contributed by atoms with Crippen LogP contribution in [0.5, 0.6) is 5.75 Å². The van der Waals surface area contributed by atoms with Gasteiger partial charge in [-0.2, -0.15) is 4.31 Å². The quantitative estimate of drug-likeness (QED) is 0.841. The average molecular weight is 358 g/mol. The van der Waals surface area contributed by atoms with Gasteiger partial charge in [0, 0.05) is 17.5 Å². The third-order valence-corrected chi connectivity index (χ3v) is 7.21. The first kappa shape index (κ1) is 15.8. The summed E-state index contributed by atoms with van der Waals surface area (Å²) in [5.41, 5.74) is 1.10. The maximum Gasteiger partial charge on any atom is 0.243 e. The van der Waals surface area contributed by atoms with Crippen molar-refractivity contribution in [1.29, 1.82) is 0 Å². The Morgan fingerprint density at radius 2 is 2.14 bits per heavy atom. The summed E-state index contributed by atoms with van der Waals surface area (Å²) >= 11 is 7.75. The fourth-order valence-electron chi connectivity index (χ4n) is 2.76. The molecule has 22 heavy (non-hydrogen) atoms. The van der Waals surface area contributed by atoms with E-state index in [4.69, 9.17) is 16.3 Å². The Kier molecular flexibility index (Phi) is 4.20. The van der Waals surface area contributed by atoms with Gasteiger partial charge >= 0.3 is 0 Å². The Balaban J connectivity index is 1.99. The van der Waals surface area contributed by atoms with Crippen molar-refractivity contribution < 1.29 is 13.2 Å². The zero-order valence-electron chi connectivity index (χ0n) is 12.2. The highest BCUT2D eigenvalue weighted by Crippen LogP contribution is 2.37. The van der Waals surface area contributed by atoms with Crippen LogP contribution in [0.25, 0.3) is 0 Å². The van der Waals surface area contributed by atoms with E-state index in [1.54, 1.807) is 21.7 Å². The molecule has 1 aliphatic heterocycles. The summed E-state index contributed by atoms with van der Waals surface area (Å²) in [6, 6.07) is 6.41. The molecule has 1 aliphatic rings. The minimum absolute atomic E-state index is 0.166. The third-order valence-electron chi connectivity index (χ3n) is 3.95. The highest BCUT2D eigenvalue weighted by atomic mass is 35.5. The molecule has 2 aromatic rings. The number of halogens is 1. The van der Waals surface area contributed by atoms with Gasteiger partial charge in [-0.05, 0) is 48.6 Å². The number of sulfonamides is 1. The highest BCUT2D eigenvalue weighted by Gasteiger charge is 2.34. The summed E-state index contributed by atoms with van der Waals surface area (Å²) in [6.07, 6.45) is 0.750. The van der Waals surface area contributed by atoms with Gasteiger partial charge in [0.25, 0.3) is 0 Å². The standard InChI is InChI=1S/C15H16ClNO3S2/c1-10-12-6-8-21-15(12)5-7-17(10)22(18,19)11-3-4-14(20-2)13(16)9-11/h3-4,6,8-10H,5,7H2,1-2H3. The molecule has 7 heteroatoms. The molecule has 0 saturated carbocycles. The smallest absolute Gasteiger partial charge is 0.243 e. The molecule has 118 valence electrons. The Bertz CT molecular complexity index is 801. The van der Waals surface area contributed by atoms with Crippen LogP contribution in [0, 0.1) is 0 Å². The SMILES string of the molecule is COc1ccc(S(=O)(=O)N2CCc3sccc3C2C)cc1Cl. The van der Waals surface area contributed by atoms with Crippen LogP contribution in [-0.2, 0) is 16.4 Å². The average Bonchev–Trinajstić information content (AvgIpc) is 2.96. The van der Waals surface area contributed by atoms with Crippen molar-refractivity contribution in [3.63, 3.8) is 0 Å². The fourth-order valence-corrected chi connectivity index (χ4v) is 5.68. The topological polar surface area (TPSA) is 46.6 Å². The summed E-state index contributed by atoms with van der Waals surface area (Å²) in [5.74, 6) is 0.465. The van der Waals surface area contributed by atoms with Gasteiger partial charge in [-0.15, -0.1) is 11.3 Å². The molecule has 0 fully saturated rings. The van der Waals surface area contributed by atoms with Crippen molar-refractivity contribution in [2.45, 2.75) is 24.3 Å². The molecule has 0 N–H and O–H groups in total. The van der Waals surface area contributed by atoms with E-state index in [0.29, 0.717) is 17.3 Å². The molecule has 1 atom stereocenters. The molecule has 4 nitrogen and oxygen atoms in total. The van der Waals surface area contributed by atoms with Crippen LogP contribution in [-0.4, -0.2) is 26.4 Å². The molecular formula is C15H16ClNO3S2. The molecule has 3 rings (SSSR count). The van der Waals surface area contributed by atoms with E-state index in [9.17, 15) is 8.42 Å². The number of thiophene rings is 1. The van der Waals surface area contributed by atoms with Gasteiger partial charge in [0.2, 0.25) is 10.0 Å². The lowest BCUT2D eigenvalue weighted by Gasteiger charge is -2.32. The predicted octanol–water partition coefficient (Wildman–Crippen LogP) is 3.72. The molecule has 0 amide bonds. The molecule has 0 aliphatic carbocycles. The van der Waals surface area contributed by atoms with Crippen LogP contribution in [0.3, 0.4) is 0 Å². The van der Waals surface area contributed by atoms with Crippen LogP contribution in [0.1, 0.15) is 23.4 Å². The van der Waals surface area contributed by atoms with Crippen molar-refractivity contribution in [3.05, 3.63) is 45.1 Å². The van der Waals surface area contributed by atoms with Gasteiger partial charge < -0.3 is 4.74 Å². The van der Waals surface area contributed by atoms with E-state index in [-0.39, 0.29) is 10.9 Å². The van der Waals surface area contributed by atoms with Gasteiger partial charge in [0.1, 0.15) is 5.75 Å². The molecule has 0 saturated heterocycles. The number of nitrogens with zero attached hydrogens (tertiary/aromatic N) is 1. The summed E-state index contributed by atoms with van der Waals surface area (Å²) < 4.78 is 32.4. The maximum atomic E-state index is 12.9. The number of benzene rings is 1. The van der Waals surface area contributed by atoms with E-state index in [1.807, 2.05) is 18.4 Å². The molecule has 1 aromatic carbocycles.